The third kappa shape index (κ3) is 3.72. The van der Waals surface area contributed by atoms with Crippen LogP contribution >= 0.6 is 0 Å². The van der Waals surface area contributed by atoms with Crippen molar-refractivity contribution in [1.29, 1.82) is 0 Å². The molecular formula is C14H17F3N2O. The van der Waals surface area contributed by atoms with Gasteiger partial charge in [-0.05, 0) is 44.6 Å². The first-order valence-electron chi connectivity index (χ1n) is 6.53. The largest absolute Gasteiger partial charge is 0.416 e. The Labute approximate surface area is 115 Å². The van der Waals surface area contributed by atoms with E-state index in [4.69, 9.17) is 0 Å². The summed E-state index contributed by atoms with van der Waals surface area (Å²) in [7, 11) is 1.95. The number of anilines is 1. The lowest BCUT2D eigenvalue weighted by molar-refractivity contribution is -0.137. The number of carbonyl (C=O) groups is 1. The van der Waals surface area contributed by atoms with Crippen molar-refractivity contribution < 1.29 is 18.0 Å². The molecule has 0 radical (unpaired) electrons. The molecule has 3 nitrogen and oxygen atoms in total. The van der Waals surface area contributed by atoms with Crippen LogP contribution in [0.25, 0.3) is 0 Å². The van der Waals surface area contributed by atoms with Gasteiger partial charge in [-0.2, -0.15) is 13.2 Å². The molecule has 1 unspecified atom stereocenters. The number of rotatable bonds is 3. The molecule has 1 saturated heterocycles. The second-order valence-corrected chi connectivity index (χ2v) is 5.11. The Balaban J connectivity index is 1.97. The number of carbonyl (C=O) groups excluding carboxylic acids is 1. The van der Waals surface area contributed by atoms with E-state index in [1.54, 1.807) is 0 Å². The Bertz CT molecular complexity index is 488. The van der Waals surface area contributed by atoms with Gasteiger partial charge >= 0.3 is 6.18 Å². The van der Waals surface area contributed by atoms with Crippen LogP contribution in [0.3, 0.4) is 0 Å². The topological polar surface area (TPSA) is 32.3 Å². The first-order valence-corrected chi connectivity index (χ1v) is 6.53. The quantitative estimate of drug-likeness (QED) is 0.926. The summed E-state index contributed by atoms with van der Waals surface area (Å²) < 4.78 is 37.7. The third-order valence-corrected chi connectivity index (χ3v) is 3.57. The molecule has 1 atom stereocenters. The van der Waals surface area contributed by atoms with E-state index in [9.17, 15) is 18.0 Å². The number of hydrogen-bond donors (Lipinski definition) is 1. The van der Waals surface area contributed by atoms with Crippen LogP contribution in [0.5, 0.6) is 0 Å². The Morgan fingerprint density at radius 2 is 2.20 bits per heavy atom. The van der Waals surface area contributed by atoms with Gasteiger partial charge in [-0.15, -0.1) is 0 Å². The van der Waals surface area contributed by atoms with Crippen molar-refractivity contribution in [1.82, 2.24) is 4.90 Å². The molecule has 110 valence electrons. The van der Waals surface area contributed by atoms with Crippen molar-refractivity contribution in [3.63, 3.8) is 0 Å². The monoisotopic (exact) mass is 286 g/mol. The van der Waals surface area contributed by atoms with Crippen molar-refractivity contribution in [3.8, 4) is 0 Å². The van der Waals surface area contributed by atoms with E-state index in [2.05, 4.69) is 10.2 Å². The minimum atomic E-state index is -4.40. The number of amides is 1. The molecule has 1 aliphatic rings. The molecular weight excluding hydrogens is 269 g/mol. The van der Waals surface area contributed by atoms with Crippen LogP contribution in [0.2, 0.25) is 0 Å². The van der Waals surface area contributed by atoms with Crippen molar-refractivity contribution in [3.05, 3.63) is 29.8 Å². The van der Waals surface area contributed by atoms with Crippen molar-refractivity contribution in [2.75, 3.05) is 18.9 Å². The zero-order valence-electron chi connectivity index (χ0n) is 11.2. The summed E-state index contributed by atoms with van der Waals surface area (Å²) in [5.74, 6) is -0.247. The van der Waals surface area contributed by atoms with Gasteiger partial charge in [0.1, 0.15) is 0 Å². The minimum Gasteiger partial charge on any atom is -0.326 e. The second-order valence-electron chi connectivity index (χ2n) is 5.11. The second kappa shape index (κ2) is 5.83. The smallest absolute Gasteiger partial charge is 0.326 e. The molecule has 6 heteroatoms. The average Bonchev–Trinajstić information content (AvgIpc) is 2.74. The van der Waals surface area contributed by atoms with Crippen LogP contribution in [0.1, 0.15) is 24.8 Å². The summed E-state index contributed by atoms with van der Waals surface area (Å²) in [6.07, 6.45) is -2.08. The zero-order chi connectivity index (χ0) is 14.8. The molecule has 1 aliphatic heterocycles. The van der Waals surface area contributed by atoms with Gasteiger partial charge in [0.15, 0.2) is 0 Å². The molecule has 0 spiro atoms. The van der Waals surface area contributed by atoms with E-state index in [1.165, 1.54) is 12.1 Å². The summed E-state index contributed by atoms with van der Waals surface area (Å²) in [6.45, 7) is 0.960. The molecule has 1 aromatic rings. The maximum atomic E-state index is 12.6. The van der Waals surface area contributed by atoms with E-state index in [0.29, 0.717) is 6.42 Å². The molecule has 1 heterocycles. The van der Waals surface area contributed by atoms with Crippen molar-refractivity contribution >= 4 is 11.6 Å². The molecule has 0 aliphatic carbocycles. The van der Waals surface area contributed by atoms with Crippen molar-refractivity contribution in [2.24, 2.45) is 0 Å². The van der Waals surface area contributed by atoms with Crippen molar-refractivity contribution in [2.45, 2.75) is 31.5 Å². The molecule has 2 rings (SSSR count). The molecule has 1 N–H and O–H groups in total. The first-order chi connectivity index (χ1) is 9.36. The molecule has 20 heavy (non-hydrogen) atoms. The summed E-state index contributed by atoms with van der Waals surface area (Å²) >= 11 is 0. The van der Waals surface area contributed by atoms with Gasteiger partial charge < -0.3 is 10.2 Å². The molecule has 0 bridgehead atoms. The minimum absolute atomic E-state index is 0.181. The summed E-state index contributed by atoms with van der Waals surface area (Å²) in [5.41, 5.74) is -0.571. The van der Waals surface area contributed by atoms with Gasteiger partial charge in [-0.25, -0.2) is 0 Å². The number of benzene rings is 1. The van der Waals surface area contributed by atoms with Gasteiger partial charge in [-0.1, -0.05) is 6.07 Å². The molecule has 0 saturated carbocycles. The fourth-order valence-electron chi connectivity index (χ4n) is 2.44. The number of alkyl halides is 3. The normalized spacial score (nSPS) is 20.1. The highest BCUT2D eigenvalue weighted by Gasteiger charge is 2.30. The highest BCUT2D eigenvalue weighted by Crippen LogP contribution is 2.30. The third-order valence-electron chi connectivity index (χ3n) is 3.57. The fraction of sp³-hybridized carbons (Fsp3) is 0.500. The number of likely N-dealkylation sites (tertiary alicyclic amines) is 1. The van der Waals surface area contributed by atoms with Crippen LogP contribution in [-0.2, 0) is 11.0 Å². The fourth-order valence-corrected chi connectivity index (χ4v) is 2.44. The van der Waals surface area contributed by atoms with Gasteiger partial charge in [0.05, 0.1) is 5.56 Å². The SMILES string of the molecule is CN1CCCC1CC(=O)Nc1cccc(C(F)(F)F)c1. The van der Waals surface area contributed by atoms with Gasteiger partial charge in [0.2, 0.25) is 5.91 Å². The Morgan fingerprint density at radius 1 is 1.45 bits per heavy atom. The Morgan fingerprint density at radius 3 is 2.80 bits per heavy atom. The van der Waals surface area contributed by atoms with E-state index in [-0.39, 0.29) is 17.6 Å². The number of halogens is 3. The van der Waals surface area contributed by atoms with E-state index >= 15 is 0 Å². The summed E-state index contributed by atoms with van der Waals surface area (Å²) in [6, 6.07) is 4.88. The Hall–Kier alpha value is -1.56. The van der Waals surface area contributed by atoms with Crippen LogP contribution in [0.4, 0.5) is 18.9 Å². The molecule has 1 aromatic carbocycles. The maximum Gasteiger partial charge on any atom is 0.416 e. The number of nitrogens with zero attached hydrogens (tertiary/aromatic N) is 1. The number of hydrogen-bond acceptors (Lipinski definition) is 2. The highest BCUT2D eigenvalue weighted by molar-refractivity contribution is 5.91. The van der Waals surface area contributed by atoms with E-state index in [1.807, 2.05) is 7.05 Å². The molecule has 1 amide bonds. The van der Waals surface area contributed by atoms with Crippen LogP contribution in [0.15, 0.2) is 24.3 Å². The van der Waals surface area contributed by atoms with Gasteiger partial charge in [0.25, 0.3) is 0 Å². The lowest BCUT2D eigenvalue weighted by Crippen LogP contribution is -2.29. The van der Waals surface area contributed by atoms with Gasteiger partial charge in [-0.3, -0.25) is 4.79 Å². The first kappa shape index (κ1) is 14.8. The standard InChI is InChI=1S/C14H17F3N2O/c1-19-7-3-6-12(19)9-13(20)18-11-5-2-4-10(8-11)14(15,16)17/h2,4-5,8,12H,3,6-7,9H2,1H3,(H,18,20). The lowest BCUT2D eigenvalue weighted by atomic mass is 10.1. The number of nitrogens with one attached hydrogen (secondary N) is 1. The van der Waals surface area contributed by atoms with Crippen LogP contribution in [0, 0.1) is 0 Å². The van der Waals surface area contributed by atoms with E-state index < -0.39 is 11.7 Å². The zero-order valence-corrected chi connectivity index (χ0v) is 11.2. The Kier molecular flexibility index (Phi) is 4.32. The van der Waals surface area contributed by atoms with Gasteiger partial charge in [0, 0.05) is 18.2 Å². The van der Waals surface area contributed by atoms with Crippen LogP contribution < -0.4 is 5.32 Å². The predicted molar refractivity (Wildman–Crippen MR) is 70.3 cm³/mol. The maximum absolute atomic E-state index is 12.6. The summed E-state index contributed by atoms with van der Waals surface area (Å²) in [5, 5.41) is 2.54. The molecule has 1 fully saturated rings. The molecule has 0 aromatic heterocycles. The highest BCUT2D eigenvalue weighted by atomic mass is 19.4. The van der Waals surface area contributed by atoms with Crippen LogP contribution in [-0.4, -0.2) is 30.4 Å². The lowest BCUT2D eigenvalue weighted by Gasteiger charge is -2.18. The van der Waals surface area contributed by atoms with E-state index in [0.717, 1.165) is 31.5 Å². The predicted octanol–water partition coefficient (Wildman–Crippen LogP) is 3.13. The average molecular weight is 286 g/mol. The summed E-state index contributed by atoms with van der Waals surface area (Å²) in [4.78, 5) is 14.0.